The second kappa shape index (κ2) is 10.7. The van der Waals surface area contributed by atoms with Crippen LogP contribution in [0.15, 0.2) is 12.1 Å². The van der Waals surface area contributed by atoms with E-state index in [0.717, 1.165) is 62.9 Å². The molecule has 2 aliphatic carbocycles. The van der Waals surface area contributed by atoms with Gasteiger partial charge in [0.2, 0.25) is 0 Å². The van der Waals surface area contributed by atoms with E-state index in [1.54, 1.807) is 0 Å². The lowest BCUT2D eigenvalue weighted by molar-refractivity contribution is -0.236. The minimum absolute atomic E-state index is 0.0695. The third-order valence-electron chi connectivity index (χ3n) is 8.11. The number of ether oxygens (including phenoxy) is 2. The molecule has 1 aliphatic heterocycles. The molecular formula is C26H37F3O2. The van der Waals surface area contributed by atoms with Gasteiger partial charge in [0.1, 0.15) is 0 Å². The molecule has 3 fully saturated rings. The fourth-order valence-corrected chi connectivity index (χ4v) is 6.05. The highest BCUT2D eigenvalue weighted by Gasteiger charge is 2.36. The van der Waals surface area contributed by atoms with E-state index < -0.39 is 17.5 Å². The van der Waals surface area contributed by atoms with Crippen LogP contribution in [0.2, 0.25) is 0 Å². The fourth-order valence-electron chi connectivity index (χ4n) is 6.05. The van der Waals surface area contributed by atoms with Gasteiger partial charge in [0.25, 0.3) is 0 Å². The van der Waals surface area contributed by atoms with Crippen LogP contribution in [-0.2, 0) is 9.47 Å². The molecule has 1 aromatic carbocycles. The normalized spacial score (nSPS) is 34.6. The van der Waals surface area contributed by atoms with Gasteiger partial charge >= 0.3 is 0 Å². The molecule has 2 nitrogen and oxygen atoms in total. The highest BCUT2D eigenvalue weighted by molar-refractivity contribution is 5.23. The van der Waals surface area contributed by atoms with Gasteiger partial charge in [0.05, 0.1) is 13.2 Å². The first kappa shape index (κ1) is 23.1. The monoisotopic (exact) mass is 438 g/mol. The summed E-state index contributed by atoms with van der Waals surface area (Å²) in [6.45, 7) is 3.86. The molecule has 2 saturated carbocycles. The summed E-state index contributed by atoms with van der Waals surface area (Å²) in [7, 11) is 0. The van der Waals surface area contributed by atoms with Gasteiger partial charge in [-0.05, 0) is 74.0 Å². The Labute approximate surface area is 184 Å². The van der Waals surface area contributed by atoms with E-state index in [4.69, 9.17) is 9.47 Å². The van der Waals surface area contributed by atoms with Crippen molar-refractivity contribution in [2.45, 2.75) is 89.8 Å². The minimum atomic E-state index is -1.38. The molecule has 0 spiro atoms. The van der Waals surface area contributed by atoms with E-state index in [2.05, 4.69) is 6.92 Å². The van der Waals surface area contributed by atoms with Crippen molar-refractivity contribution in [3.8, 4) is 0 Å². The smallest absolute Gasteiger partial charge is 0.194 e. The second-order valence-electron chi connectivity index (χ2n) is 10.1. The Hall–Kier alpha value is -1.07. The quantitative estimate of drug-likeness (QED) is 0.432. The maximum atomic E-state index is 13.6. The van der Waals surface area contributed by atoms with Crippen LogP contribution < -0.4 is 0 Å². The van der Waals surface area contributed by atoms with Crippen molar-refractivity contribution in [1.29, 1.82) is 0 Å². The van der Waals surface area contributed by atoms with Crippen molar-refractivity contribution in [2.75, 3.05) is 13.2 Å². The molecule has 1 saturated heterocycles. The third-order valence-corrected chi connectivity index (χ3v) is 8.11. The van der Waals surface area contributed by atoms with Gasteiger partial charge in [-0.15, -0.1) is 0 Å². The zero-order valence-electron chi connectivity index (χ0n) is 18.8. The topological polar surface area (TPSA) is 18.5 Å². The molecule has 4 rings (SSSR count). The number of benzene rings is 1. The number of halogens is 3. The summed E-state index contributed by atoms with van der Waals surface area (Å²) in [5.74, 6) is -0.999. The molecule has 31 heavy (non-hydrogen) atoms. The molecule has 5 heteroatoms. The van der Waals surface area contributed by atoms with Crippen LogP contribution in [0.25, 0.3) is 0 Å². The summed E-state index contributed by atoms with van der Waals surface area (Å²) < 4.78 is 52.7. The van der Waals surface area contributed by atoms with Crippen molar-refractivity contribution < 1.29 is 22.6 Å². The zero-order chi connectivity index (χ0) is 21.8. The Morgan fingerprint density at radius 1 is 0.774 bits per heavy atom. The molecule has 1 heterocycles. The summed E-state index contributed by atoms with van der Waals surface area (Å²) in [6.07, 6.45) is 12.7. The Morgan fingerprint density at radius 3 is 1.94 bits per heavy atom. The number of rotatable bonds is 6. The van der Waals surface area contributed by atoms with Crippen molar-refractivity contribution in [2.24, 2.45) is 23.7 Å². The molecule has 0 radical (unpaired) electrons. The molecule has 0 amide bonds. The summed E-state index contributed by atoms with van der Waals surface area (Å²) in [5, 5.41) is 0. The van der Waals surface area contributed by atoms with E-state index >= 15 is 0 Å². The van der Waals surface area contributed by atoms with E-state index in [9.17, 15) is 13.2 Å². The number of hydrogen-bond donors (Lipinski definition) is 0. The standard InChI is InChI=1S/C26H37F3O2/c1-2-3-4-17-5-7-19(8-6-17)22-15-30-26(31-16-22)20-11-9-18(10-12-20)21-13-23(27)25(29)24(28)14-21/h13-14,17-20,22,26H,2-12,15-16H2,1H3. The van der Waals surface area contributed by atoms with Gasteiger partial charge in [-0.25, -0.2) is 13.2 Å². The van der Waals surface area contributed by atoms with Crippen LogP contribution >= 0.6 is 0 Å². The lowest BCUT2D eigenvalue weighted by Gasteiger charge is -2.41. The highest BCUT2D eigenvalue weighted by Crippen LogP contribution is 2.41. The van der Waals surface area contributed by atoms with E-state index in [1.807, 2.05) is 0 Å². The Balaban J connectivity index is 1.20. The largest absolute Gasteiger partial charge is 0.352 e. The molecule has 0 N–H and O–H groups in total. The van der Waals surface area contributed by atoms with Crippen molar-refractivity contribution in [3.05, 3.63) is 35.1 Å². The van der Waals surface area contributed by atoms with E-state index in [1.165, 1.54) is 44.9 Å². The molecule has 0 atom stereocenters. The maximum Gasteiger partial charge on any atom is 0.194 e. The zero-order valence-corrected chi connectivity index (χ0v) is 18.8. The van der Waals surface area contributed by atoms with E-state index in [-0.39, 0.29) is 12.2 Å². The predicted molar refractivity (Wildman–Crippen MR) is 115 cm³/mol. The van der Waals surface area contributed by atoms with Crippen LogP contribution in [0.4, 0.5) is 13.2 Å². The molecule has 0 aromatic heterocycles. The van der Waals surface area contributed by atoms with Crippen LogP contribution in [0.1, 0.15) is 89.0 Å². The first-order valence-corrected chi connectivity index (χ1v) is 12.4. The Kier molecular flexibility index (Phi) is 7.97. The summed E-state index contributed by atoms with van der Waals surface area (Å²) in [4.78, 5) is 0. The summed E-state index contributed by atoms with van der Waals surface area (Å²) in [6, 6.07) is 2.30. The lowest BCUT2D eigenvalue weighted by Crippen LogP contribution is -2.41. The van der Waals surface area contributed by atoms with Gasteiger partial charge in [-0.1, -0.05) is 39.0 Å². The third kappa shape index (κ3) is 5.65. The average molecular weight is 439 g/mol. The predicted octanol–water partition coefficient (Wildman–Crippen LogP) is 7.36. The Morgan fingerprint density at radius 2 is 1.35 bits per heavy atom. The summed E-state index contributed by atoms with van der Waals surface area (Å²) in [5.41, 5.74) is 0.565. The van der Waals surface area contributed by atoms with Gasteiger partial charge in [-0.3, -0.25) is 0 Å². The number of hydrogen-bond acceptors (Lipinski definition) is 2. The fraction of sp³-hybridized carbons (Fsp3) is 0.769. The Bertz CT molecular complexity index is 678. The van der Waals surface area contributed by atoms with Crippen molar-refractivity contribution in [1.82, 2.24) is 0 Å². The van der Waals surface area contributed by atoms with Gasteiger partial charge in [-0.2, -0.15) is 0 Å². The number of unbranched alkanes of at least 4 members (excludes halogenated alkanes) is 1. The van der Waals surface area contributed by atoms with E-state index in [0.29, 0.717) is 17.4 Å². The van der Waals surface area contributed by atoms with Crippen molar-refractivity contribution >= 4 is 0 Å². The van der Waals surface area contributed by atoms with Gasteiger partial charge in [0, 0.05) is 11.8 Å². The first-order valence-electron chi connectivity index (χ1n) is 12.4. The molecule has 174 valence electrons. The maximum absolute atomic E-state index is 13.6. The molecule has 0 unspecified atom stereocenters. The minimum Gasteiger partial charge on any atom is -0.352 e. The second-order valence-corrected chi connectivity index (χ2v) is 10.1. The molecular weight excluding hydrogens is 401 g/mol. The van der Waals surface area contributed by atoms with Crippen LogP contribution in [-0.4, -0.2) is 19.5 Å². The highest BCUT2D eigenvalue weighted by atomic mass is 19.2. The summed E-state index contributed by atoms with van der Waals surface area (Å²) >= 11 is 0. The average Bonchev–Trinajstić information content (AvgIpc) is 2.81. The first-order chi connectivity index (χ1) is 15.0. The van der Waals surface area contributed by atoms with Crippen LogP contribution in [0, 0.1) is 41.1 Å². The molecule has 1 aromatic rings. The SMILES string of the molecule is CCCCC1CCC(C2COC(C3CCC(c4cc(F)c(F)c(F)c4)CC3)OC2)CC1. The van der Waals surface area contributed by atoms with Crippen molar-refractivity contribution in [3.63, 3.8) is 0 Å². The van der Waals surface area contributed by atoms with Gasteiger partial charge < -0.3 is 9.47 Å². The molecule has 3 aliphatic rings. The lowest BCUT2D eigenvalue weighted by atomic mass is 9.74. The van der Waals surface area contributed by atoms with Gasteiger partial charge in [0.15, 0.2) is 23.7 Å². The van der Waals surface area contributed by atoms with Crippen LogP contribution in [0.3, 0.4) is 0 Å². The molecule has 0 bridgehead atoms. The van der Waals surface area contributed by atoms with Crippen LogP contribution in [0.5, 0.6) is 0 Å².